The minimum atomic E-state index is -0.732. The highest BCUT2D eigenvalue weighted by atomic mass is 35.5. The first-order chi connectivity index (χ1) is 58.1. The van der Waals surface area contributed by atoms with Crippen molar-refractivity contribution in [1.82, 2.24) is 128 Å². The van der Waals surface area contributed by atoms with E-state index in [9.17, 15) is 24.3 Å². The number of carbonyl (C=O) groups is 4. The van der Waals surface area contributed by atoms with Gasteiger partial charge in [-0.1, -0.05) is 11.6 Å². The maximum absolute atomic E-state index is 12.7. The molecule has 0 unspecified atom stereocenters. The highest BCUT2D eigenvalue weighted by Gasteiger charge is 2.39. The van der Waals surface area contributed by atoms with E-state index < -0.39 is 5.97 Å². The number of nitrogens with zero attached hydrogens (tertiary/aromatic N) is 25. The summed E-state index contributed by atoms with van der Waals surface area (Å²) in [5.74, 6) is 7.05. The molecule has 7 N–H and O–H groups in total. The zero-order valence-corrected chi connectivity index (χ0v) is 70.6. The van der Waals surface area contributed by atoms with Gasteiger partial charge in [-0.25, -0.2) is 99.7 Å². The maximum atomic E-state index is 12.7. The van der Waals surface area contributed by atoms with Gasteiger partial charge in [-0.2, -0.15) is 0 Å². The smallest absolute Gasteiger partial charge is 0.308 e. The number of halogens is 1. The Kier molecular flexibility index (Phi) is 28.1. The fourth-order valence-corrected chi connectivity index (χ4v) is 15.8. The summed E-state index contributed by atoms with van der Waals surface area (Å²) in [6.07, 6.45) is 35.1. The molecule has 1 amide bonds. The molecule has 0 saturated heterocycles. The lowest BCUT2D eigenvalue weighted by atomic mass is 10.1. The number of aromatic nitrogens is 24. The summed E-state index contributed by atoms with van der Waals surface area (Å²) in [5.41, 5.74) is 14.7. The molecule has 0 bridgehead atoms. The van der Waals surface area contributed by atoms with Crippen LogP contribution in [0.5, 0.6) is 0 Å². The molecule has 8 atom stereocenters. The summed E-state index contributed by atoms with van der Waals surface area (Å²) in [5, 5.41) is 23.1. The molecule has 0 radical (unpaired) electrons. The number of carboxylic acid groups (broad SMARTS) is 1. The number of aliphatic carboxylic acids is 1. The Hall–Kier alpha value is -12.0. The number of carbonyl (C=O) groups excluding carboxylic acids is 3. The molecule has 12 aromatic rings. The lowest BCUT2D eigenvalue weighted by Gasteiger charge is -2.21. The van der Waals surface area contributed by atoms with E-state index in [0.717, 1.165) is 187 Å². The Morgan fingerprint density at radius 3 is 1.04 bits per heavy atom. The maximum Gasteiger partial charge on any atom is 0.308 e. The number of aryl methyl sites for hydroxylation is 8. The van der Waals surface area contributed by atoms with Crippen LogP contribution < -0.4 is 27.0 Å². The summed E-state index contributed by atoms with van der Waals surface area (Å²) in [6.45, 7) is 18.4. The van der Waals surface area contributed by atoms with Crippen molar-refractivity contribution in [3.63, 3.8) is 0 Å². The fourth-order valence-electron chi connectivity index (χ4n) is 15.6. The van der Waals surface area contributed by atoms with Gasteiger partial charge in [0.1, 0.15) is 77.4 Å². The van der Waals surface area contributed by atoms with Crippen LogP contribution in [0.4, 0.5) is 17.5 Å². The first kappa shape index (κ1) is 85.9. The monoisotopic (exact) mass is 1660 g/mol. The standard InChI is InChI=1S/C22H28N8O.C19H23N7O2.C18H21N7O2.C12H11ClN6.C7H13NO2.C4H9N/c1-4-30-20(15-10-23-13(2)24-11-15)28-18-19(25-12-26-21(18)30)27-16-6-5-14(9-16)22(31)29(3)17-7-8-17;1-4-26-17(13-8-20-11(2)21-9-13)25-15-16(22-10-23-18(15)26)24-14-6-5-12(7-14)19(27)28-3;1-3-25-16(12-7-19-10(2)20-8-12)24-14-15(21-9-22-17(14)25)23-13-5-4-11(6-13)18(26)27;1-3-19-11(8-4-14-7(2)15-5-8)18-9-10(13)16-6-17-12(9)19;1-10-7(9)5-2-3-6(8)4-5;1-5-4-2-3-4/h10-12,14,16-17H,4-9H2,1-3H3,(H,25,26,27);8-10,12,14H,4-7H2,1-3H3,(H,22,23,24);7-9,11,13H,3-6H2,1-2H3,(H,26,27)(H,21,22,23);4-6H,3H2,1-2H3;5-6H,2-4,8H2,1H3;4-5H,2-3H2,1H3/t14-,16-;12-,14-;11-,13-;;5-,6-;/m000.0./s1. The lowest BCUT2D eigenvalue weighted by molar-refractivity contribution is -0.146. The van der Waals surface area contributed by atoms with Crippen LogP contribution in [-0.2, 0) is 54.8 Å². The van der Waals surface area contributed by atoms with Crippen LogP contribution in [-0.4, -0.2) is 216 Å². The fraction of sp³-hybridized carbons (Fsp3) is 0.512. The normalized spacial score (nSPS) is 19.6. The highest BCUT2D eigenvalue weighted by molar-refractivity contribution is 6.33. The second kappa shape index (κ2) is 39.3. The number of carboxylic acids is 1. The van der Waals surface area contributed by atoms with Crippen molar-refractivity contribution in [3.8, 4) is 45.6 Å². The quantitative estimate of drug-likeness (QED) is 0.0305. The van der Waals surface area contributed by atoms with Crippen LogP contribution in [0.2, 0.25) is 5.15 Å². The van der Waals surface area contributed by atoms with Crippen molar-refractivity contribution in [2.24, 2.45) is 29.4 Å². The van der Waals surface area contributed by atoms with Crippen LogP contribution in [0.15, 0.2) is 74.9 Å². The van der Waals surface area contributed by atoms with Gasteiger partial charge in [0, 0.05) is 125 Å². The Bertz CT molecular complexity index is 5530. The van der Waals surface area contributed by atoms with Crippen molar-refractivity contribution in [2.45, 2.75) is 221 Å². The van der Waals surface area contributed by atoms with Crippen LogP contribution >= 0.6 is 11.6 Å². The van der Waals surface area contributed by atoms with E-state index in [1.54, 1.807) is 62.2 Å². The van der Waals surface area contributed by atoms with E-state index in [0.29, 0.717) is 77.0 Å². The van der Waals surface area contributed by atoms with E-state index in [1.807, 2.05) is 81.2 Å². The SMILES string of the molecule is CCn1c(-c2cnc(C)nc2)nc2c(Cl)ncnc21.CCn1c(-c2cnc(C)nc2)nc2c(N[C@H]3CC[C@H](C(=O)N(C)C4CC4)C3)ncnc21.CCn1c(-c2cnc(C)nc2)nc2c(N[C@H]3CC[C@H](C(=O)O)C3)ncnc21.CCn1c(-c2cnc(C)nc2)nc2c(N[C@H]3CC[C@H](C(=O)OC)C3)ncnc21.CNC1CC1.COC(=O)[C@H]1CC[C@H](N)C1. The number of methoxy groups -OCH3 is 2. The first-order valence-electron chi connectivity index (χ1n) is 41.1. The van der Waals surface area contributed by atoms with Crippen LogP contribution in [0.3, 0.4) is 0 Å². The number of anilines is 3. The largest absolute Gasteiger partial charge is 0.481 e. The number of nitrogens with two attached hydrogens (primary N) is 1. The number of amides is 1. The van der Waals surface area contributed by atoms with Crippen molar-refractivity contribution in [1.29, 1.82) is 0 Å². The summed E-state index contributed by atoms with van der Waals surface area (Å²) in [7, 11) is 6.82. The summed E-state index contributed by atoms with van der Waals surface area (Å²) >= 11 is 6.05. The number of hydrogen-bond donors (Lipinski definition) is 6. The Morgan fingerprint density at radius 1 is 0.425 bits per heavy atom. The Labute approximate surface area is 699 Å². The molecule has 12 aromatic heterocycles. The molecule has 18 rings (SSSR count). The molecule has 6 saturated carbocycles. The molecular formula is C82H105ClN30O7. The van der Waals surface area contributed by atoms with Crippen molar-refractivity contribution in [2.75, 3.05) is 44.3 Å². The second-order valence-electron chi connectivity index (χ2n) is 30.8. The summed E-state index contributed by atoms with van der Waals surface area (Å²) in [6, 6.07) is 1.99. The van der Waals surface area contributed by atoms with Crippen LogP contribution in [0.1, 0.15) is 154 Å². The third kappa shape index (κ3) is 20.3. The molecule has 0 aromatic carbocycles. The van der Waals surface area contributed by atoms with Gasteiger partial charge in [-0.05, 0) is 165 Å². The van der Waals surface area contributed by atoms with E-state index >= 15 is 0 Å². The zero-order valence-electron chi connectivity index (χ0n) is 69.9. The number of nitrogens with one attached hydrogen (secondary N) is 4. The van der Waals surface area contributed by atoms with Gasteiger partial charge in [0.05, 0.1) is 54.2 Å². The molecule has 6 fully saturated rings. The molecule has 0 aliphatic heterocycles. The first-order valence-corrected chi connectivity index (χ1v) is 41.5. The van der Waals surface area contributed by atoms with E-state index in [4.69, 9.17) is 37.0 Å². The molecule has 6 aliphatic carbocycles. The number of rotatable bonds is 20. The number of hydrogen-bond acceptors (Lipinski definition) is 31. The summed E-state index contributed by atoms with van der Waals surface area (Å²) in [4.78, 5) is 136. The van der Waals surface area contributed by atoms with Gasteiger partial charge in [0.15, 0.2) is 61.7 Å². The van der Waals surface area contributed by atoms with Crippen LogP contribution in [0, 0.1) is 51.4 Å². The Balaban J connectivity index is 0.000000132. The van der Waals surface area contributed by atoms with Gasteiger partial charge in [0.2, 0.25) is 5.91 Å². The third-order valence-electron chi connectivity index (χ3n) is 22.5. The Morgan fingerprint density at radius 2 is 0.733 bits per heavy atom. The van der Waals surface area contributed by atoms with Crippen molar-refractivity contribution < 1.29 is 33.8 Å². The molecule has 632 valence electrons. The van der Waals surface area contributed by atoms with Crippen molar-refractivity contribution in [3.05, 3.63) is 103 Å². The zero-order chi connectivity index (χ0) is 84.8. The highest BCUT2D eigenvalue weighted by Crippen LogP contribution is 2.38. The average molecular weight is 1660 g/mol. The number of imidazole rings is 4. The molecule has 120 heavy (non-hydrogen) atoms. The van der Waals surface area contributed by atoms with Gasteiger partial charge in [0.25, 0.3) is 0 Å². The van der Waals surface area contributed by atoms with Gasteiger partial charge in [-0.3, -0.25) is 19.2 Å². The topological polar surface area (TPSA) is 462 Å². The molecule has 0 spiro atoms. The predicted molar refractivity (Wildman–Crippen MR) is 451 cm³/mol. The molecule has 38 heteroatoms. The summed E-state index contributed by atoms with van der Waals surface area (Å²) < 4.78 is 17.5. The van der Waals surface area contributed by atoms with Gasteiger partial charge < -0.3 is 64.7 Å². The number of esters is 2. The molecule has 12 heterocycles. The molecule has 37 nitrogen and oxygen atoms in total. The van der Waals surface area contributed by atoms with Crippen molar-refractivity contribution >= 4 is 97.5 Å². The lowest BCUT2D eigenvalue weighted by Crippen LogP contribution is -2.34. The number of fused-ring (bicyclic) bond motifs is 4. The minimum absolute atomic E-state index is 0.0618. The minimum Gasteiger partial charge on any atom is -0.481 e. The van der Waals surface area contributed by atoms with Crippen LogP contribution in [0.25, 0.3) is 90.2 Å². The second-order valence-corrected chi connectivity index (χ2v) is 31.1. The number of ether oxygens (including phenoxy) is 2. The molecule has 6 aliphatic rings. The molecular weight excluding hydrogens is 1550 g/mol. The predicted octanol–water partition coefficient (Wildman–Crippen LogP) is 10.4. The average Bonchev–Trinajstić information content (AvgIpc) is 1.63. The third-order valence-corrected chi connectivity index (χ3v) is 22.8. The van der Waals surface area contributed by atoms with E-state index in [1.165, 1.54) is 39.7 Å². The van der Waals surface area contributed by atoms with E-state index in [-0.39, 0.29) is 65.7 Å². The van der Waals surface area contributed by atoms with Gasteiger partial charge >= 0.3 is 17.9 Å². The van der Waals surface area contributed by atoms with Gasteiger partial charge in [-0.15, -0.1) is 0 Å². The van der Waals surface area contributed by atoms with E-state index in [2.05, 4.69) is 122 Å².